The topological polar surface area (TPSA) is 83.6 Å². The number of hydrogen-bond donors (Lipinski definition) is 3. The molecule has 56 valence electrons. The first-order chi connectivity index (χ1) is 3.98. The van der Waals surface area contributed by atoms with Crippen LogP contribution in [0.5, 0.6) is 0 Å². The van der Waals surface area contributed by atoms with Gasteiger partial charge in [0.2, 0.25) is 0 Å². The fraction of sp³-hybridized carbons (Fsp3) is 1.00. The van der Waals surface area contributed by atoms with Crippen molar-refractivity contribution in [3.63, 3.8) is 0 Å². The summed E-state index contributed by atoms with van der Waals surface area (Å²) < 4.78 is 10.4. The molecule has 0 saturated heterocycles. The molecule has 0 amide bonds. The first-order valence-corrected chi connectivity index (χ1v) is 4.42. The molecule has 9 heavy (non-hydrogen) atoms. The van der Waals surface area contributed by atoms with Crippen molar-refractivity contribution in [3.05, 3.63) is 0 Å². The molecule has 0 unspecified atom stereocenters. The molecule has 0 aromatic carbocycles. The maximum Gasteiger partial charge on any atom is 0.328 e. The average molecular weight is 153 g/mol. The van der Waals surface area contributed by atoms with Gasteiger partial charge in [-0.15, -0.1) is 0 Å². The van der Waals surface area contributed by atoms with Crippen molar-refractivity contribution in [1.29, 1.82) is 0 Å². The Labute approximate surface area is 54.2 Å². The molecule has 0 fully saturated rings. The summed E-state index contributed by atoms with van der Waals surface area (Å²) >= 11 is 0. The van der Waals surface area contributed by atoms with Gasteiger partial charge in [0.1, 0.15) is 0 Å². The average Bonchev–Trinajstić information content (AvgIpc) is 1.64. The molecule has 0 aliphatic rings. The van der Waals surface area contributed by atoms with Gasteiger partial charge in [-0.05, 0) is 13.0 Å². The van der Waals surface area contributed by atoms with E-state index in [1.165, 1.54) is 6.92 Å². The molecule has 0 rings (SSSR count). The molecule has 1 atom stereocenters. The van der Waals surface area contributed by atoms with Crippen LogP contribution in [-0.4, -0.2) is 22.0 Å². The Morgan fingerprint density at radius 3 is 2.22 bits per heavy atom. The summed E-state index contributed by atoms with van der Waals surface area (Å²) in [5.41, 5.74) is 4.49. The van der Waals surface area contributed by atoms with Crippen LogP contribution in [0.3, 0.4) is 0 Å². The summed E-state index contributed by atoms with van der Waals surface area (Å²) in [5.74, 6) is 0. The van der Waals surface area contributed by atoms with Crippen LogP contribution in [0, 0.1) is 0 Å². The molecule has 0 aliphatic carbocycles. The first-order valence-electron chi connectivity index (χ1n) is 2.73. The van der Waals surface area contributed by atoms with Crippen LogP contribution in [0.25, 0.3) is 0 Å². The lowest BCUT2D eigenvalue weighted by molar-refractivity contribution is 0.358. The van der Waals surface area contributed by atoms with Crippen LogP contribution in [0.2, 0.25) is 0 Å². The van der Waals surface area contributed by atoms with Crippen LogP contribution < -0.4 is 5.73 Å². The second-order valence-electron chi connectivity index (χ2n) is 2.02. The number of rotatable bonds is 3. The van der Waals surface area contributed by atoms with Gasteiger partial charge in [0.15, 0.2) is 0 Å². The van der Waals surface area contributed by atoms with Crippen molar-refractivity contribution < 1.29 is 14.4 Å². The van der Waals surface area contributed by atoms with E-state index in [9.17, 15) is 4.57 Å². The van der Waals surface area contributed by atoms with Gasteiger partial charge in [-0.3, -0.25) is 4.57 Å². The second kappa shape index (κ2) is 3.32. The molecular formula is C4H12NO3P. The van der Waals surface area contributed by atoms with Gasteiger partial charge >= 0.3 is 7.60 Å². The van der Waals surface area contributed by atoms with E-state index in [-0.39, 0.29) is 0 Å². The lowest BCUT2D eigenvalue weighted by Gasteiger charge is -2.10. The van der Waals surface area contributed by atoms with Crippen molar-refractivity contribution in [2.45, 2.75) is 19.0 Å². The summed E-state index contributed by atoms with van der Waals surface area (Å²) in [6.45, 7) is 1.82. The Morgan fingerprint density at radius 1 is 1.67 bits per heavy atom. The van der Waals surface area contributed by atoms with E-state index in [1.807, 2.05) is 0 Å². The zero-order valence-corrected chi connectivity index (χ0v) is 6.21. The Balaban J connectivity index is 3.74. The molecule has 0 spiro atoms. The zero-order valence-electron chi connectivity index (χ0n) is 5.32. The van der Waals surface area contributed by atoms with Crippen molar-refractivity contribution in [2.24, 2.45) is 5.73 Å². The minimum absolute atomic E-state index is 0.326. The SMILES string of the molecule is C[C@H](CCN)P(=O)(O)O. The first kappa shape index (κ1) is 9.11. The molecule has 0 aromatic heterocycles. The summed E-state index contributed by atoms with van der Waals surface area (Å²) in [6.07, 6.45) is 0.379. The maximum absolute atomic E-state index is 10.4. The molecule has 5 heteroatoms. The molecule has 0 saturated carbocycles. The highest BCUT2D eigenvalue weighted by Crippen LogP contribution is 2.41. The predicted octanol–water partition coefficient (Wildman–Crippen LogP) is -0.0986. The highest BCUT2D eigenvalue weighted by atomic mass is 31.2. The van der Waals surface area contributed by atoms with Gasteiger partial charge in [-0.1, -0.05) is 6.92 Å². The molecule has 0 aliphatic heterocycles. The van der Waals surface area contributed by atoms with Gasteiger partial charge < -0.3 is 15.5 Å². The molecule has 4 N–H and O–H groups in total. The summed E-state index contributed by atoms with van der Waals surface area (Å²) in [6, 6.07) is 0. The maximum atomic E-state index is 10.4. The van der Waals surface area contributed by atoms with E-state index in [2.05, 4.69) is 0 Å². The lowest BCUT2D eigenvalue weighted by Crippen LogP contribution is -2.10. The smallest absolute Gasteiger partial charge is 0.328 e. The van der Waals surface area contributed by atoms with Crippen LogP contribution in [0.15, 0.2) is 0 Å². The molecule has 0 aromatic rings. The van der Waals surface area contributed by atoms with E-state index < -0.39 is 13.3 Å². The Bertz CT molecular complexity index is 121. The Morgan fingerprint density at radius 2 is 2.11 bits per heavy atom. The van der Waals surface area contributed by atoms with Crippen LogP contribution in [0.4, 0.5) is 0 Å². The predicted molar refractivity (Wildman–Crippen MR) is 35.2 cm³/mol. The van der Waals surface area contributed by atoms with Gasteiger partial charge in [-0.2, -0.15) is 0 Å². The fourth-order valence-corrected chi connectivity index (χ4v) is 0.895. The van der Waals surface area contributed by atoms with Gasteiger partial charge in [0.05, 0.1) is 5.66 Å². The van der Waals surface area contributed by atoms with Crippen molar-refractivity contribution >= 4 is 7.60 Å². The van der Waals surface area contributed by atoms with Gasteiger partial charge in [0, 0.05) is 0 Å². The summed E-state index contributed by atoms with van der Waals surface area (Å²) in [7, 11) is -3.85. The third kappa shape index (κ3) is 3.65. The second-order valence-corrected chi connectivity index (χ2v) is 4.08. The molecule has 0 radical (unpaired) electrons. The Kier molecular flexibility index (Phi) is 3.36. The minimum atomic E-state index is -3.85. The van der Waals surface area contributed by atoms with Crippen molar-refractivity contribution in [3.8, 4) is 0 Å². The van der Waals surface area contributed by atoms with E-state index >= 15 is 0 Å². The highest BCUT2D eigenvalue weighted by molar-refractivity contribution is 7.52. The summed E-state index contributed by atoms with van der Waals surface area (Å²) in [4.78, 5) is 16.9. The van der Waals surface area contributed by atoms with Crippen molar-refractivity contribution in [2.75, 3.05) is 6.54 Å². The van der Waals surface area contributed by atoms with E-state index in [1.54, 1.807) is 0 Å². The summed E-state index contributed by atoms with van der Waals surface area (Å²) in [5, 5.41) is 0. The lowest BCUT2D eigenvalue weighted by atomic mass is 10.3. The number of nitrogens with two attached hydrogens (primary N) is 1. The molecule has 4 nitrogen and oxygen atoms in total. The standard InChI is InChI=1S/C4H12NO3P/c1-4(2-3-5)9(6,7)8/h4H,2-3,5H2,1H3,(H2,6,7,8)/t4-/m1/s1. The molecule has 0 bridgehead atoms. The largest absolute Gasteiger partial charge is 0.330 e. The Hall–Kier alpha value is 0.110. The van der Waals surface area contributed by atoms with Crippen LogP contribution >= 0.6 is 7.60 Å². The van der Waals surface area contributed by atoms with E-state index in [0.717, 1.165) is 0 Å². The quantitative estimate of drug-likeness (QED) is 0.494. The van der Waals surface area contributed by atoms with E-state index in [0.29, 0.717) is 13.0 Å². The van der Waals surface area contributed by atoms with Crippen molar-refractivity contribution in [1.82, 2.24) is 0 Å². The zero-order chi connectivity index (χ0) is 7.49. The van der Waals surface area contributed by atoms with Gasteiger partial charge in [-0.25, -0.2) is 0 Å². The third-order valence-electron chi connectivity index (χ3n) is 1.16. The van der Waals surface area contributed by atoms with Crippen LogP contribution in [0.1, 0.15) is 13.3 Å². The minimum Gasteiger partial charge on any atom is -0.330 e. The number of hydrogen-bond acceptors (Lipinski definition) is 2. The fourth-order valence-electron chi connectivity index (χ4n) is 0.409. The van der Waals surface area contributed by atoms with E-state index in [4.69, 9.17) is 15.5 Å². The monoisotopic (exact) mass is 153 g/mol. The normalized spacial score (nSPS) is 15.6. The third-order valence-corrected chi connectivity index (χ3v) is 2.57. The molecular weight excluding hydrogens is 141 g/mol. The van der Waals surface area contributed by atoms with Gasteiger partial charge in [0.25, 0.3) is 0 Å². The molecule has 0 heterocycles. The highest BCUT2D eigenvalue weighted by Gasteiger charge is 2.22. The van der Waals surface area contributed by atoms with Crippen LogP contribution in [-0.2, 0) is 4.57 Å².